The Hall–Kier alpha value is -1.66. The molecule has 0 heterocycles. The van der Waals surface area contributed by atoms with Crippen molar-refractivity contribution in [3.8, 4) is 0 Å². The molecule has 18 heavy (non-hydrogen) atoms. The highest BCUT2D eigenvalue weighted by Gasteiger charge is 2.21. The fourth-order valence-corrected chi connectivity index (χ4v) is 1.81. The van der Waals surface area contributed by atoms with Crippen LogP contribution in [0.4, 0.5) is 11.4 Å². The third-order valence-corrected chi connectivity index (χ3v) is 2.67. The fraction of sp³-hybridized carbons (Fsp3) is 0.500. The van der Waals surface area contributed by atoms with Gasteiger partial charge in [0.1, 0.15) is 5.69 Å². The van der Waals surface area contributed by atoms with E-state index in [0.717, 1.165) is 0 Å². The summed E-state index contributed by atoms with van der Waals surface area (Å²) < 4.78 is 4.98. The predicted molar refractivity (Wildman–Crippen MR) is 69.0 cm³/mol. The monoisotopic (exact) mass is 254 g/mol. The maximum Gasteiger partial charge on any atom is 0.295 e. The molecule has 0 aliphatic carbocycles. The highest BCUT2D eigenvalue weighted by Crippen LogP contribution is 2.30. The van der Waals surface area contributed by atoms with E-state index < -0.39 is 0 Å². The summed E-state index contributed by atoms with van der Waals surface area (Å²) in [5.41, 5.74) is 1.21. The van der Waals surface area contributed by atoms with Gasteiger partial charge in [-0.1, -0.05) is 12.1 Å². The number of aryl methyl sites for hydroxylation is 1. The summed E-state index contributed by atoms with van der Waals surface area (Å²) in [6, 6.07) is 5.17. The summed E-state index contributed by atoms with van der Waals surface area (Å²) in [7, 11) is 1.57. The highest BCUT2D eigenvalue weighted by atomic mass is 16.6. The third kappa shape index (κ3) is 3.41. The van der Waals surface area contributed by atoms with Crippen molar-refractivity contribution in [2.24, 2.45) is 0 Å². The molecule has 6 nitrogen and oxygen atoms in total. The molecule has 1 aromatic rings. The van der Waals surface area contributed by atoms with Crippen molar-refractivity contribution in [3.05, 3.63) is 33.9 Å². The fourth-order valence-electron chi connectivity index (χ4n) is 1.81. The van der Waals surface area contributed by atoms with Gasteiger partial charge in [-0.05, 0) is 13.0 Å². The number of hydrogen-bond donors (Lipinski definition) is 1. The van der Waals surface area contributed by atoms with Crippen molar-refractivity contribution < 1.29 is 14.8 Å². The van der Waals surface area contributed by atoms with Crippen LogP contribution in [0.1, 0.15) is 5.56 Å². The molecule has 0 saturated heterocycles. The van der Waals surface area contributed by atoms with Gasteiger partial charge in [0, 0.05) is 25.8 Å². The summed E-state index contributed by atoms with van der Waals surface area (Å²) in [4.78, 5) is 12.5. The summed E-state index contributed by atoms with van der Waals surface area (Å²) in [5.74, 6) is 0. The van der Waals surface area contributed by atoms with Crippen molar-refractivity contribution >= 4 is 11.4 Å². The zero-order valence-electron chi connectivity index (χ0n) is 10.6. The van der Waals surface area contributed by atoms with Gasteiger partial charge < -0.3 is 14.7 Å². The molecule has 0 aromatic heterocycles. The Bertz CT molecular complexity index is 409. The minimum absolute atomic E-state index is 0.0607. The maximum absolute atomic E-state index is 11.1. The van der Waals surface area contributed by atoms with E-state index in [1.165, 1.54) is 0 Å². The molecule has 0 unspecified atom stereocenters. The highest BCUT2D eigenvalue weighted by molar-refractivity contribution is 5.66. The lowest BCUT2D eigenvalue weighted by atomic mass is 10.1. The minimum Gasteiger partial charge on any atom is -0.395 e. The number of para-hydroxylation sites is 1. The number of nitro benzene ring substituents is 1. The molecule has 0 fully saturated rings. The molecule has 0 aliphatic heterocycles. The quantitative estimate of drug-likeness (QED) is 0.587. The number of nitrogens with zero attached hydrogens (tertiary/aromatic N) is 2. The molecule has 0 radical (unpaired) electrons. The van der Waals surface area contributed by atoms with Crippen molar-refractivity contribution in [2.45, 2.75) is 6.92 Å². The first kappa shape index (κ1) is 14.4. The van der Waals surface area contributed by atoms with E-state index in [2.05, 4.69) is 0 Å². The minimum atomic E-state index is -0.387. The normalized spacial score (nSPS) is 10.4. The van der Waals surface area contributed by atoms with Gasteiger partial charge in [0.15, 0.2) is 0 Å². The van der Waals surface area contributed by atoms with E-state index in [1.54, 1.807) is 37.1 Å². The van der Waals surface area contributed by atoms with Gasteiger partial charge in [0.05, 0.1) is 18.1 Å². The molecular weight excluding hydrogens is 236 g/mol. The molecule has 0 bridgehead atoms. The van der Waals surface area contributed by atoms with Crippen LogP contribution in [0.25, 0.3) is 0 Å². The number of anilines is 1. The Balaban J connectivity index is 3.10. The van der Waals surface area contributed by atoms with Crippen molar-refractivity contribution in [1.29, 1.82) is 0 Å². The Kier molecular flexibility index (Phi) is 5.54. The van der Waals surface area contributed by atoms with Crippen LogP contribution < -0.4 is 4.90 Å². The zero-order chi connectivity index (χ0) is 13.5. The second-order valence-electron chi connectivity index (χ2n) is 3.90. The summed E-state index contributed by atoms with van der Waals surface area (Å²) in [6.07, 6.45) is 0. The number of rotatable bonds is 7. The van der Waals surface area contributed by atoms with Crippen LogP contribution in [0.5, 0.6) is 0 Å². The van der Waals surface area contributed by atoms with E-state index >= 15 is 0 Å². The second kappa shape index (κ2) is 6.93. The van der Waals surface area contributed by atoms with Crippen LogP contribution in [-0.4, -0.2) is 43.4 Å². The average Bonchev–Trinajstić information content (AvgIpc) is 2.33. The topological polar surface area (TPSA) is 75.8 Å². The van der Waals surface area contributed by atoms with E-state index in [9.17, 15) is 10.1 Å². The predicted octanol–water partition coefficient (Wildman–Crippen LogP) is 1.35. The number of methoxy groups -OCH3 is 1. The largest absolute Gasteiger partial charge is 0.395 e. The number of aliphatic hydroxyl groups excluding tert-OH is 1. The molecule has 1 N–H and O–H groups in total. The standard InChI is InChI=1S/C12H18N2O4/c1-10-4-3-5-11(12(10)14(16)17)13(6-8-15)7-9-18-2/h3-5,15H,6-9H2,1-2H3. The van der Waals surface area contributed by atoms with Crippen LogP contribution >= 0.6 is 0 Å². The number of ether oxygens (including phenoxy) is 1. The third-order valence-electron chi connectivity index (χ3n) is 2.67. The van der Waals surface area contributed by atoms with Gasteiger partial charge in [-0.15, -0.1) is 0 Å². The Labute approximate surface area is 106 Å². The SMILES string of the molecule is COCCN(CCO)c1cccc(C)c1[N+](=O)[O-]. The van der Waals surface area contributed by atoms with Crippen molar-refractivity contribution in [2.75, 3.05) is 38.3 Å². The second-order valence-corrected chi connectivity index (χ2v) is 3.90. The molecule has 0 spiro atoms. The molecule has 0 amide bonds. The van der Waals surface area contributed by atoms with Gasteiger partial charge in [0.25, 0.3) is 5.69 Å². The van der Waals surface area contributed by atoms with Crippen molar-refractivity contribution in [3.63, 3.8) is 0 Å². The first-order chi connectivity index (χ1) is 8.61. The molecule has 6 heteroatoms. The van der Waals surface area contributed by atoms with E-state index in [0.29, 0.717) is 30.9 Å². The van der Waals surface area contributed by atoms with Gasteiger partial charge in [0.2, 0.25) is 0 Å². The molecular formula is C12H18N2O4. The average molecular weight is 254 g/mol. The Morgan fingerprint density at radius 3 is 2.72 bits per heavy atom. The summed E-state index contributed by atoms with van der Waals surface area (Å²) in [5, 5.41) is 20.2. The van der Waals surface area contributed by atoms with Gasteiger partial charge in [-0.3, -0.25) is 10.1 Å². The number of benzene rings is 1. The lowest BCUT2D eigenvalue weighted by molar-refractivity contribution is -0.384. The Morgan fingerprint density at radius 1 is 1.44 bits per heavy atom. The van der Waals surface area contributed by atoms with Crippen LogP contribution in [0.15, 0.2) is 18.2 Å². The summed E-state index contributed by atoms with van der Waals surface area (Å²) in [6.45, 7) is 2.93. The van der Waals surface area contributed by atoms with Crippen LogP contribution in [-0.2, 0) is 4.74 Å². The molecule has 1 aromatic carbocycles. The molecule has 0 saturated carbocycles. The first-order valence-corrected chi connectivity index (χ1v) is 5.70. The molecule has 100 valence electrons. The number of nitro groups is 1. The molecule has 0 aliphatic rings. The zero-order valence-corrected chi connectivity index (χ0v) is 10.6. The van der Waals surface area contributed by atoms with E-state index in [1.807, 2.05) is 0 Å². The maximum atomic E-state index is 11.1. The van der Waals surface area contributed by atoms with Gasteiger partial charge >= 0.3 is 0 Å². The number of hydrogen-bond acceptors (Lipinski definition) is 5. The van der Waals surface area contributed by atoms with Crippen LogP contribution in [0.3, 0.4) is 0 Å². The lowest BCUT2D eigenvalue weighted by Crippen LogP contribution is -2.30. The van der Waals surface area contributed by atoms with Crippen LogP contribution in [0, 0.1) is 17.0 Å². The van der Waals surface area contributed by atoms with E-state index in [-0.39, 0.29) is 17.2 Å². The first-order valence-electron chi connectivity index (χ1n) is 5.70. The molecule has 1 rings (SSSR count). The van der Waals surface area contributed by atoms with Crippen molar-refractivity contribution in [1.82, 2.24) is 0 Å². The molecule has 0 atom stereocenters. The lowest BCUT2D eigenvalue weighted by Gasteiger charge is -2.23. The van der Waals surface area contributed by atoms with E-state index in [4.69, 9.17) is 9.84 Å². The Morgan fingerprint density at radius 2 is 2.17 bits per heavy atom. The smallest absolute Gasteiger partial charge is 0.295 e. The van der Waals surface area contributed by atoms with Crippen LogP contribution in [0.2, 0.25) is 0 Å². The summed E-state index contributed by atoms with van der Waals surface area (Å²) >= 11 is 0. The van der Waals surface area contributed by atoms with Gasteiger partial charge in [-0.25, -0.2) is 0 Å². The number of aliphatic hydroxyl groups is 1. The van der Waals surface area contributed by atoms with Gasteiger partial charge in [-0.2, -0.15) is 0 Å².